The highest BCUT2D eigenvalue weighted by Gasteiger charge is 2.26. The third-order valence-corrected chi connectivity index (χ3v) is 5.16. The Kier molecular flexibility index (Phi) is 4.98. The number of rotatable bonds is 4. The molecule has 2 fully saturated rings. The molecule has 2 aliphatic heterocycles. The standard InChI is InChI=1S/C17H26N4O2/c1-19-13-18-12-15(19)17(23)21-10-6-14(7-11-21)4-5-16(22)20-8-2-3-9-20/h12-14H,2-11H2,1H3. The van der Waals surface area contributed by atoms with Crippen molar-refractivity contribution < 1.29 is 9.59 Å². The van der Waals surface area contributed by atoms with Gasteiger partial charge in [0.05, 0.1) is 12.5 Å². The number of carbonyl (C=O) groups excluding carboxylic acids is 2. The summed E-state index contributed by atoms with van der Waals surface area (Å²) in [6.45, 7) is 3.45. The molecule has 0 radical (unpaired) electrons. The summed E-state index contributed by atoms with van der Waals surface area (Å²) in [7, 11) is 1.84. The summed E-state index contributed by atoms with van der Waals surface area (Å²) in [5, 5.41) is 0. The molecular formula is C17H26N4O2. The average molecular weight is 318 g/mol. The quantitative estimate of drug-likeness (QED) is 0.848. The largest absolute Gasteiger partial charge is 0.343 e. The molecule has 0 bridgehead atoms. The van der Waals surface area contributed by atoms with Crippen molar-refractivity contribution in [3.05, 3.63) is 18.2 Å². The van der Waals surface area contributed by atoms with Gasteiger partial charge in [0.1, 0.15) is 5.69 Å². The number of hydrogen-bond donors (Lipinski definition) is 0. The predicted molar refractivity (Wildman–Crippen MR) is 86.9 cm³/mol. The zero-order valence-electron chi connectivity index (χ0n) is 13.9. The minimum absolute atomic E-state index is 0.0663. The average Bonchev–Trinajstić information content (AvgIpc) is 3.24. The minimum Gasteiger partial charge on any atom is -0.343 e. The van der Waals surface area contributed by atoms with Gasteiger partial charge in [-0.2, -0.15) is 0 Å². The van der Waals surface area contributed by atoms with E-state index in [1.807, 2.05) is 16.8 Å². The van der Waals surface area contributed by atoms with Crippen molar-refractivity contribution in [1.29, 1.82) is 0 Å². The van der Waals surface area contributed by atoms with E-state index < -0.39 is 0 Å². The summed E-state index contributed by atoms with van der Waals surface area (Å²) < 4.78 is 1.77. The first-order valence-electron chi connectivity index (χ1n) is 8.68. The summed E-state index contributed by atoms with van der Waals surface area (Å²) in [6, 6.07) is 0. The Bertz CT molecular complexity index is 555. The monoisotopic (exact) mass is 318 g/mol. The lowest BCUT2D eigenvalue weighted by Crippen LogP contribution is -2.39. The van der Waals surface area contributed by atoms with E-state index in [0.29, 0.717) is 23.9 Å². The smallest absolute Gasteiger partial charge is 0.272 e. The van der Waals surface area contributed by atoms with E-state index in [0.717, 1.165) is 58.3 Å². The molecule has 2 saturated heterocycles. The summed E-state index contributed by atoms with van der Waals surface area (Å²) in [5.41, 5.74) is 0.646. The maximum atomic E-state index is 12.4. The highest BCUT2D eigenvalue weighted by molar-refractivity contribution is 5.92. The fraction of sp³-hybridized carbons (Fsp3) is 0.706. The maximum Gasteiger partial charge on any atom is 0.272 e. The second-order valence-corrected chi connectivity index (χ2v) is 6.75. The molecule has 3 rings (SSSR count). The zero-order chi connectivity index (χ0) is 16.2. The van der Waals surface area contributed by atoms with Crippen LogP contribution in [-0.4, -0.2) is 57.3 Å². The van der Waals surface area contributed by atoms with Crippen molar-refractivity contribution in [2.75, 3.05) is 26.2 Å². The Hall–Kier alpha value is -1.85. The molecule has 126 valence electrons. The van der Waals surface area contributed by atoms with Gasteiger partial charge in [-0.15, -0.1) is 0 Å². The van der Waals surface area contributed by atoms with Crippen molar-refractivity contribution in [2.24, 2.45) is 13.0 Å². The van der Waals surface area contributed by atoms with Gasteiger partial charge in [0.2, 0.25) is 5.91 Å². The Morgan fingerprint density at radius 1 is 1.13 bits per heavy atom. The molecule has 3 heterocycles. The number of likely N-dealkylation sites (tertiary alicyclic amines) is 2. The number of nitrogens with zero attached hydrogens (tertiary/aromatic N) is 4. The second-order valence-electron chi connectivity index (χ2n) is 6.75. The number of aromatic nitrogens is 2. The van der Waals surface area contributed by atoms with Crippen LogP contribution in [0.2, 0.25) is 0 Å². The molecule has 0 atom stereocenters. The highest BCUT2D eigenvalue weighted by Crippen LogP contribution is 2.24. The third-order valence-electron chi connectivity index (χ3n) is 5.16. The molecule has 1 aromatic heterocycles. The van der Waals surface area contributed by atoms with E-state index in [1.54, 1.807) is 17.1 Å². The van der Waals surface area contributed by atoms with Crippen LogP contribution in [-0.2, 0) is 11.8 Å². The van der Waals surface area contributed by atoms with Crippen LogP contribution in [0.3, 0.4) is 0 Å². The summed E-state index contributed by atoms with van der Waals surface area (Å²) in [5.74, 6) is 0.949. The fourth-order valence-electron chi connectivity index (χ4n) is 3.60. The van der Waals surface area contributed by atoms with E-state index >= 15 is 0 Å². The van der Waals surface area contributed by atoms with Gasteiger partial charge in [0.15, 0.2) is 0 Å². The third kappa shape index (κ3) is 3.74. The molecule has 0 N–H and O–H groups in total. The Balaban J connectivity index is 1.42. The number of aryl methyl sites for hydroxylation is 1. The van der Waals surface area contributed by atoms with E-state index in [-0.39, 0.29) is 5.91 Å². The summed E-state index contributed by atoms with van der Waals surface area (Å²) in [6.07, 6.45) is 9.21. The van der Waals surface area contributed by atoms with Crippen molar-refractivity contribution in [1.82, 2.24) is 19.4 Å². The van der Waals surface area contributed by atoms with Gasteiger partial charge in [-0.1, -0.05) is 0 Å². The number of carbonyl (C=O) groups is 2. The van der Waals surface area contributed by atoms with E-state index in [4.69, 9.17) is 0 Å². The SMILES string of the molecule is Cn1cncc1C(=O)N1CCC(CCC(=O)N2CCCC2)CC1. The van der Waals surface area contributed by atoms with Crippen molar-refractivity contribution >= 4 is 11.8 Å². The van der Waals surface area contributed by atoms with Gasteiger partial charge in [0, 0.05) is 39.6 Å². The van der Waals surface area contributed by atoms with E-state index in [1.165, 1.54) is 0 Å². The first-order chi connectivity index (χ1) is 11.1. The fourth-order valence-corrected chi connectivity index (χ4v) is 3.60. The lowest BCUT2D eigenvalue weighted by molar-refractivity contribution is -0.130. The van der Waals surface area contributed by atoms with Crippen LogP contribution in [0.15, 0.2) is 12.5 Å². The topological polar surface area (TPSA) is 58.4 Å². The molecule has 2 aliphatic rings. The molecule has 0 aromatic carbocycles. The molecule has 1 aromatic rings. The Morgan fingerprint density at radius 3 is 2.43 bits per heavy atom. The summed E-state index contributed by atoms with van der Waals surface area (Å²) >= 11 is 0. The highest BCUT2D eigenvalue weighted by atomic mass is 16.2. The Labute approximate surface area is 137 Å². The normalized spacial score (nSPS) is 19.3. The van der Waals surface area contributed by atoms with Crippen LogP contribution in [0, 0.1) is 5.92 Å². The zero-order valence-corrected chi connectivity index (χ0v) is 13.9. The lowest BCUT2D eigenvalue weighted by Gasteiger charge is -2.32. The number of amides is 2. The number of hydrogen-bond acceptors (Lipinski definition) is 3. The molecule has 0 spiro atoms. The maximum absolute atomic E-state index is 12.4. The molecular weight excluding hydrogens is 292 g/mol. The first kappa shape index (κ1) is 16.0. The number of piperidine rings is 1. The minimum atomic E-state index is 0.0663. The van der Waals surface area contributed by atoms with Gasteiger partial charge in [-0.3, -0.25) is 9.59 Å². The predicted octanol–water partition coefficient (Wildman–Crippen LogP) is 1.67. The van der Waals surface area contributed by atoms with Gasteiger partial charge in [0.25, 0.3) is 5.91 Å². The van der Waals surface area contributed by atoms with Crippen LogP contribution in [0.25, 0.3) is 0 Å². The van der Waals surface area contributed by atoms with Crippen LogP contribution in [0.5, 0.6) is 0 Å². The van der Waals surface area contributed by atoms with E-state index in [2.05, 4.69) is 4.98 Å². The summed E-state index contributed by atoms with van der Waals surface area (Å²) in [4.78, 5) is 32.5. The second kappa shape index (κ2) is 7.15. The van der Waals surface area contributed by atoms with Gasteiger partial charge >= 0.3 is 0 Å². The van der Waals surface area contributed by atoms with Crippen LogP contribution < -0.4 is 0 Å². The van der Waals surface area contributed by atoms with Crippen LogP contribution in [0.4, 0.5) is 0 Å². The molecule has 0 saturated carbocycles. The van der Waals surface area contributed by atoms with Gasteiger partial charge in [-0.05, 0) is 38.0 Å². The lowest BCUT2D eigenvalue weighted by atomic mass is 9.92. The molecule has 0 unspecified atom stereocenters. The Morgan fingerprint density at radius 2 is 1.83 bits per heavy atom. The molecule has 23 heavy (non-hydrogen) atoms. The van der Waals surface area contributed by atoms with Crippen molar-refractivity contribution in [3.63, 3.8) is 0 Å². The molecule has 0 aliphatic carbocycles. The molecule has 6 heteroatoms. The van der Waals surface area contributed by atoms with Gasteiger partial charge in [-0.25, -0.2) is 4.98 Å². The number of imidazole rings is 1. The molecule has 6 nitrogen and oxygen atoms in total. The van der Waals surface area contributed by atoms with Crippen LogP contribution >= 0.6 is 0 Å². The van der Waals surface area contributed by atoms with E-state index in [9.17, 15) is 9.59 Å². The van der Waals surface area contributed by atoms with Gasteiger partial charge < -0.3 is 14.4 Å². The van der Waals surface area contributed by atoms with Crippen molar-refractivity contribution in [3.8, 4) is 0 Å². The van der Waals surface area contributed by atoms with Crippen molar-refractivity contribution in [2.45, 2.75) is 38.5 Å². The molecule has 2 amide bonds. The van der Waals surface area contributed by atoms with Crippen LogP contribution in [0.1, 0.15) is 49.0 Å². The first-order valence-corrected chi connectivity index (χ1v) is 8.68.